The van der Waals surface area contributed by atoms with E-state index in [1.165, 1.54) is 0 Å². The molecule has 2 aromatic rings. The SMILES string of the molecule is CNc1cccc2ccc(O)cc12. The van der Waals surface area contributed by atoms with Crippen molar-refractivity contribution in [3.63, 3.8) is 0 Å². The summed E-state index contributed by atoms with van der Waals surface area (Å²) in [7, 11) is 1.87. The van der Waals surface area contributed by atoms with Crippen LogP contribution in [0.5, 0.6) is 5.75 Å². The third-order valence-corrected chi connectivity index (χ3v) is 2.14. The van der Waals surface area contributed by atoms with Gasteiger partial charge in [-0.25, -0.2) is 0 Å². The quantitative estimate of drug-likeness (QED) is 0.694. The molecule has 0 fully saturated rings. The molecule has 2 rings (SSSR count). The Morgan fingerprint density at radius 1 is 1.15 bits per heavy atom. The van der Waals surface area contributed by atoms with Crippen molar-refractivity contribution in [3.8, 4) is 5.75 Å². The van der Waals surface area contributed by atoms with Crippen LogP contribution in [0.3, 0.4) is 0 Å². The summed E-state index contributed by atoms with van der Waals surface area (Å²) in [6, 6.07) is 11.4. The van der Waals surface area contributed by atoms with E-state index in [0.29, 0.717) is 5.75 Å². The average Bonchev–Trinajstić information content (AvgIpc) is 2.17. The molecule has 0 heterocycles. The van der Waals surface area contributed by atoms with Gasteiger partial charge >= 0.3 is 0 Å². The zero-order chi connectivity index (χ0) is 9.26. The second-order valence-electron chi connectivity index (χ2n) is 2.96. The second kappa shape index (κ2) is 2.98. The van der Waals surface area contributed by atoms with E-state index < -0.39 is 0 Å². The number of anilines is 1. The van der Waals surface area contributed by atoms with E-state index in [1.807, 2.05) is 31.3 Å². The lowest BCUT2D eigenvalue weighted by atomic mass is 10.1. The summed E-state index contributed by atoms with van der Waals surface area (Å²) in [4.78, 5) is 0. The zero-order valence-electron chi connectivity index (χ0n) is 7.41. The van der Waals surface area contributed by atoms with E-state index in [9.17, 15) is 5.11 Å². The fraction of sp³-hybridized carbons (Fsp3) is 0.0909. The van der Waals surface area contributed by atoms with Gasteiger partial charge in [0.25, 0.3) is 0 Å². The third kappa shape index (κ3) is 1.31. The summed E-state index contributed by atoms with van der Waals surface area (Å²) in [6.07, 6.45) is 0. The van der Waals surface area contributed by atoms with E-state index in [4.69, 9.17) is 0 Å². The van der Waals surface area contributed by atoms with Crippen molar-refractivity contribution in [2.45, 2.75) is 0 Å². The Bertz CT molecular complexity index is 437. The number of aromatic hydroxyl groups is 1. The van der Waals surface area contributed by atoms with Crippen molar-refractivity contribution < 1.29 is 5.11 Å². The van der Waals surface area contributed by atoms with Gasteiger partial charge in [0.15, 0.2) is 0 Å². The molecule has 0 radical (unpaired) electrons. The molecule has 13 heavy (non-hydrogen) atoms. The molecule has 0 spiro atoms. The number of rotatable bonds is 1. The van der Waals surface area contributed by atoms with Gasteiger partial charge in [-0.2, -0.15) is 0 Å². The molecule has 66 valence electrons. The summed E-state index contributed by atoms with van der Waals surface area (Å²) < 4.78 is 0. The lowest BCUT2D eigenvalue weighted by Crippen LogP contribution is -1.88. The minimum Gasteiger partial charge on any atom is -0.508 e. The Hall–Kier alpha value is -1.70. The highest BCUT2D eigenvalue weighted by molar-refractivity contribution is 5.94. The summed E-state index contributed by atoms with van der Waals surface area (Å²) >= 11 is 0. The molecule has 0 atom stereocenters. The molecule has 2 N–H and O–H groups in total. The summed E-state index contributed by atoms with van der Waals surface area (Å²) in [5, 5.41) is 14.6. The van der Waals surface area contributed by atoms with E-state index in [1.54, 1.807) is 12.1 Å². The maximum Gasteiger partial charge on any atom is 0.116 e. The van der Waals surface area contributed by atoms with Crippen LogP contribution in [0.25, 0.3) is 10.8 Å². The van der Waals surface area contributed by atoms with Crippen molar-refractivity contribution in [1.82, 2.24) is 0 Å². The smallest absolute Gasteiger partial charge is 0.116 e. The standard InChI is InChI=1S/C11H11NO/c1-12-11-4-2-3-8-5-6-9(13)7-10(8)11/h2-7,12-13H,1H3. The van der Waals surface area contributed by atoms with Crippen molar-refractivity contribution in [3.05, 3.63) is 36.4 Å². The van der Waals surface area contributed by atoms with Crippen molar-refractivity contribution in [1.29, 1.82) is 0 Å². The van der Waals surface area contributed by atoms with Gasteiger partial charge < -0.3 is 10.4 Å². The molecular formula is C11H11NO. The predicted molar refractivity (Wildman–Crippen MR) is 55.2 cm³/mol. The van der Waals surface area contributed by atoms with Gasteiger partial charge in [-0.1, -0.05) is 18.2 Å². The van der Waals surface area contributed by atoms with E-state index in [2.05, 4.69) is 5.32 Å². The van der Waals surface area contributed by atoms with Gasteiger partial charge in [0.05, 0.1) is 0 Å². The first-order valence-corrected chi connectivity index (χ1v) is 4.21. The molecule has 2 nitrogen and oxygen atoms in total. The Kier molecular flexibility index (Phi) is 1.81. The molecule has 0 aliphatic carbocycles. The minimum absolute atomic E-state index is 0.301. The molecule has 0 aliphatic rings. The van der Waals surface area contributed by atoms with E-state index in [0.717, 1.165) is 16.5 Å². The molecule has 0 bridgehead atoms. The number of phenols is 1. The summed E-state index contributed by atoms with van der Waals surface area (Å²) in [6.45, 7) is 0. The number of hydrogen-bond donors (Lipinski definition) is 2. The van der Waals surface area contributed by atoms with Crippen LogP contribution in [0.4, 0.5) is 5.69 Å². The molecule has 0 aliphatic heterocycles. The molecule has 0 saturated heterocycles. The zero-order valence-corrected chi connectivity index (χ0v) is 7.41. The van der Waals surface area contributed by atoms with Gasteiger partial charge in [0, 0.05) is 18.1 Å². The Labute approximate surface area is 76.8 Å². The minimum atomic E-state index is 0.301. The first-order chi connectivity index (χ1) is 6.31. The molecular weight excluding hydrogens is 162 g/mol. The Morgan fingerprint density at radius 3 is 2.77 bits per heavy atom. The molecule has 2 aromatic carbocycles. The van der Waals surface area contributed by atoms with Crippen LogP contribution in [0.2, 0.25) is 0 Å². The lowest BCUT2D eigenvalue weighted by molar-refractivity contribution is 0.476. The van der Waals surface area contributed by atoms with Gasteiger partial charge in [-0.3, -0.25) is 0 Å². The van der Waals surface area contributed by atoms with Crippen LogP contribution < -0.4 is 5.32 Å². The summed E-state index contributed by atoms with van der Waals surface area (Å²) in [5.74, 6) is 0.301. The fourth-order valence-corrected chi connectivity index (χ4v) is 1.48. The number of phenolic OH excluding ortho intramolecular Hbond substituents is 1. The van der Waals surface area contributed by atoms with Gasteiger partial charge in [-0.05, 0) is 23.6 Å². The molecule has 2 heteroatoms. The van der Waals surface area contributed by atoms with Crippen molar-refractivity contribution >= 4 is 16.5 Å². The topological polar surface area (TPSA) is 32.3 Å². The highest BCUT2D eigenvalue weighted by Crippen LogP contribution is 2.26. The van der Waals surface area contributed by atoms with Crippen molar-refractivity contribution in [2.24, 2.45) is 0 Å². The van der Waals surface area contributed by atoms with Gasteiger partial charge in [-0.15, -0.1) is 0 Å². The first-order valence-electron chi connectivity index (χ1n) is 4.21. The largest absolute Gasteiger partial charge is 0.508 e. The van der Waals surface area contributed by atoms with Crippen LogP contribution in [-0.4, -0.2) is 12.2 Å². The highest BCUT2D eigenvalue weighted by Gasteiger charge is 1.98. The average molecular weight is 173 g/mol. The van der Waals surface area contributed by atoms with E-state index >= 15 is 0 Å². The summed E-state index contributed by atoms with van der Waals surface area (Å²) in [5.41, 5.74) is 1.04. The molecule has 0 amide bonds. The number of hydrogen-bond acceptors (Lipinski definition) is 2. The maximum atomic E-state index is 9.32. The number of nitrogens with one attached hydrogen (secondary N) is 1. The van der Waals surface area contributed by atoms with Crippen LogP contribution in [0, 0.1) is 0 Å². The number of benzene rings is 2. The normalized spacial score (nSPS) is 10.2. The van der Waals surface area contributed by atoms with Crippen LogP contribution in [-0.2, 0) is 0 Å². The molecule has 0 saturated carbocycles. The van der Waals surface area contributed by atoms with Crippen LogP contribution in [0.15, 0.2) is 36.4 Å². The van der Waals surface area contributed by atoms with E-state index in [-0.39, 0.29) is 0 Å². The second-order valence-corrected chi connectivity index (χ2v) is 2.96. The fourth-order valence-electron chi connectivity index (χ4n) is 1.48. The Morgan fingerprint density at radius 2 is 2.00 bits per heavy atom. The third-order valence-electron chi connectivity index (χ3n) is 2.14. The van der Waals surface area contributed by atoms with Gasteiger partial charge in [0.1, 0.15) is 5.75 Å². The lowest BCUT2D eigenvalue weighted by Gasteiger charge is -2.05. The monoisotopic (exact) mass is 173 g/mol. The number of fused-ring (bicyclic) bond motifs is 1. The molecule has 0 aromatic heterocycles. The van der Waals surface area contributed by atoms with Crippen LogP contribution in [0.1, 0.15) is 0 Å². The van der Waals surface area contributed by atoms with Gasteiger partial charge in [0.2, 0.25) is 0 Å². The van der Waals surface area contributed by atoms with Crippen molar-refractivity contribution in [2.75, 3.05) is 12.4 Å². The molecule has 0 unspecified atom stereocenters. The van der Waals surface area contributed by atoms with Crippen LogP contribution >= 0.6 is 0 Å². The Balaban J connectivity index is 2.79. The predicted octanol–water partition coefficient (Wildman–Crippen LogP) is 2.59. The maximum absolute atomic E-state index is 9.32. The highest BCUT2D eigenvalue weighted by atomic mass is 16.3. The first kappa shape index (κ1) is 7.92.